The van der Waals surface area contributed by atoms with Crippen molar-refractivity contribution in [1.29, 1.82) is 0 Å². The summed E-state index contributed by atoms with van der Waals surface area (Å²) < 4.78 is 7.06. The number of aromatic nitrogens is 2. The van der Waals surface area contributed by atoms with Crippen molar-refractivity contribution in [1.82, 2.24) is 9.78 Å². The summed E-state index contributed by atoms with van der Waals surface area (Å²) in [7, 11) is 0. The highest BCUT2D eigenvalue weighted by Crippen LogP contribution is 2.30. The maximum Gasteiger partial charge on any atom is 0.283 e. The van der Waals surface area contributed by atoms with Gasteiger partial charge in [-0.05, 0) is 40.8 Å². The van der Waals surface area contributed by atoms with E-state index in [1.54, 1.807) is 18.7 Å². The molecule has 0 saturated heterocycles. The van der Waals surface area contributed by atoms with Gasteiger partial charge in [0.25, 0.3) is 5.56 Å². The van der Waals surface area contributed by atoms with Crippen molar-refractivity contribution in [2.45, 2.75) is 25.9 Å². The van der Waals surface area contributed by atoms with Crippen LogP contribution < -0.4 is 10.9 Å². The molecule has 0 atom stereocenters. The van der Waals surface area contributed by atoms with Gasteiger partial charge in [-0.2, -0.15) is 5.10 Å². The Kier molecular flexibility index (Phi) is 3.42. The maximum atomic E-state index is 12.1. The Balaban J connectivity index is 1.74. The molecule has 2 heterocycles. The fourth-order valence-corrected chi connectivity index (χ4v) is 2.30. The van der Waals surface area contributed by atoms with Crippen LogP contribution in [-0.2, 0) is 13.1 Å². The number of nitrogens with zero attached hydrogens (tertiary/aromatic N) is 2. The average molecular weight is 324 g/mol. The topological polar surface area (TPSA) is 60.1 Å². The van der Waals surface area contributed by atoms with Crippen LogP contribution in [0.1, 0.15) is 18.4 Å². The number of nitrogens with one attached hydrogen (secondary N) is 1. The molecule has 19 heavy (non-hydrogen) atoms. The Hall–Kier alpha value is -1.56. The molecular weight excluding hydrogens is 310 g/mol. The monoisotopic (exact) mass is 323 g/mol. The minimum absolute atomic E-state index is 0.0795. The highest BCUT2D eigenvalue weighted by Gasteiger charge is 2.23. The molecule has 0 aliphatic heterocycles. The van der Waals surface area contributed by atoms with E-state index in [0.717, 1.165) is 12.1 Å². The second kappa shape index (κ2) is 5.21. The third kappa shape index (κ3) is 2.89. The normalized spacial score (nSPS) is 14.6. The van der Waals surface area contributed by atoms with E-state index in [4.69, 9.17) is 4.42 Å². The lowest BCUT2D eigenvalue weighted by Crippen LogP contribution is -2.25. The van der Waals surface area contributed by atoms with Gasteiger partial charge in [0.15, 0.2) is 0 Å². The molecule has 1 saturated carbocycles. The van der Waals surface area contributed by atoms with Gasteiger partial charge in [0, 0.05) is 18.7 Å². The Bertz CT molecular complexity index is 617. The van der Waals surface area contributed by atoms with Crippen LogP contribution >= 0.6 is 15.9 Å². The van der Waals surface area contributed by atoms with Crippen LogP contribution in [0.3, 0.4) is 0 Å². The quantitative estimate of drug-likeness (QED) is 0.918. The number of hydrogen-bond acceptors (Lipinski definition) is 4. The summed E-state index contributed by atoms with van der Waals surface area (Å²) in [4.78, 5) is 12.1. The molecule has 5 nitrogen and oxygen atoms in total. The van der Waals surface area contributed by atoms with E-state index in [-0.39, 0.29) is 5.56 Å². The van der Waals surface area contributed by atoms with Gasteiger partial charge >= 0.3 is 0 Å². The lowest BCUT2D eigenvalue weighted by molar-refractivity contribution is 0.532. The highest BCUT2D eigenvalue weighted by molar-refractivity contribution is 9.10. The first-order valence-electron chi connectivity index (χ1n) is 6.24. The maximum absolute atomic E-state index is 12.1. The second-order valence-corrected chi connectivity index (χ2v) is 5.58. The van der Waals surface area contributed by atoms with E-state index >= 15 is 0 Å². The van der Waals surface area contributed by atoms with Gasteiger partial charge in [0.2, 0.25) is 0 Å². The predicted octanol–water partition coefficient (Wildman–Crippen LogP) is 2.62. The van der Waals surface area contributed by atoms with Gasteiger partial charge in [0.05, 0.1) is 24.4 Å². The molecular formula is C13H14BrN3O2. The van der Waals surface area contributed by atoms with Gasteiger partial charge < -0.3 is 9.73 Å². The average Bonchev–Trinajstić information content (AvgIpc) is 3.07. The number of rotatable bonds is 5. The summed E-state index contributed by atoms with van der Waals surface area (Å²) in [6, 6.07) is 1.88. The van der Waals surface area contributed by atoms with Crippen LogP contribution in [0.15, 0.2) is 38.5 Å². The van der Waals surface area contributed by atoms with Crippen molar-refractivity contribution in [3.63, 3.8) is 0 Å². The zero-order valence-corrected chi connectivity index (χ0v) is 11.9. The summed E-state index contributed by atoms with van der Waals surface area (Å²) in [5.74, 6) is 0.627. The fraction of sp³-hybridized carbons (Fsp3) is 0.385. The minimum Gasteiger partial charge on any atom is -0.472 e. The molecule has 0 spiro atoms. The zero-order chi connectivity index (χ0) is 13.2. The molecule has 6 heteroatoms. The van der Waals surface area contributed by atoms with E-state index in [0.29, 0.717) is 22.6 Å². The molecule has 2 aromatic rings. The lowest BCUT2D eigenvalue weighted by atomic mass is 10.3. The summed E-state index contributed by atoms with van der Waals surface area (Å²) in [5, 5.41) is 7.38. The molecule has 1 N–H and O–H groups in total. The Morgan fingerprint density at radius 3 is 3.05 bits per heavy atom. The van der Waals surface area contributed by atoms with E-state index in [1.807, 2.05) is 6.07 Å². The number of anilines is 1. The van der Waals surface area contributed by atoms with E-state index < -0.39 is 0 Å². The van der Waals surface area contributed by atoms with Crippen molar-refractivity contribution >= 4 is 21.6 Å². The molecule has 0 bridgehead atoms. The predicted molar refractivity (Wildman–Crippen MR) is 75.0 cm³/mol. The third-order valence-electron chi connectivity index (χ3n) is 3.18. The van der Waals surface area contributed by atoms with Gasteiger partial charge in [-0.15, -0.1) is 0 Å². The van der Waals surface area contributed by atoms with Crippen molar-refractivity contribution < 1.29 is 4.42 Å². The second-order valence-electron chi connectivity index (χ2n) is 4.79. The van der Waals surface area contributed by atoms with Crippen LogP contribution in [0.5, 0.6) is 0 Å². The summed E-state index contributed by atoms with van der Waals surface area (Å²) in [6.07, 6.45) is 7.38. The smallest absolute Gasteiger partial charge is 0.283 e. The third-order valence-corrected chi connectivity index (χ3v) is 3.94. The first-order valence-corrected chi connectivity index (χ1v) is 7.04. The van der Waals surface area contributed by atoms with Gasteiger partial charge in [-0.25, -0.2) is 4.68 Å². The molecule has 0 amide bonds. The summed E-state index contributed by atoms with van der Waals surface area (Å²) in [5.41, 5.74) is 1.65. The fourth-order valence-electron chi connectivity index (χ4n) is 1.85. The standard InChI is InChI=1S/C13H14BrN3O2/c14-12-11(15-5-10-3-4-19-8-10)6-16-17(13(12)18)7-9-1-2-9/h3-4,6,8-9,15H,1-2,5,7H2. The van der Waals surface area contributed by atoms with Crippen molar-refractivity contribution in [3.05, 3.63) is 45.2 Å². The van der Waals surface area contributed by atoms with E-state index in [1.165, 1.54) is 17.5 Å². The van der Waals surface area contributed by atoms with Crippen LogP contribution in [0.25, 0.3) is 0 Å². The van der Waals surface area contributed by atoms with Crippen LogP contribution in [-0.4, -0.2) is 9.78 Å². The van der Waals surface area contributed by atoms with Gasteiger partial charge in [-0.3, -0.25) is 4.79 Å². The Morgan fingerprint density at radius 2 is 2.37 bits per heavy atom. The van der Waals surface area contributed by atoms with E-state index in [2.05, 4.69) is 26.3 Å². The largest absolute Gasteiger partial charge is 0.472 e. The zero-order valence-electron chi connectivity index (χ0n) is 10.3. The molecule has 1 aliphatic carbocycles. The lowest BCUT2D eigenvalue weighted by Gasteiger charge is -2.09. The number of hydrogen-bond donors (Lipinski definition) is 1. The molecule has 0 unspecified atom stereocenters. The number of halogens is 1. The van der Waals surface area contributed by atoms with Crippen LogP contribution in [0, 0.1) is 5.92 Å². The number of furan rings is 1. The van der Waals surface area contributed by atoms with E-state index in [9.17, 15) is 4.79 Å². The van der Waals surface area contributed by atoms with Crippen LogP contribution in [0.4, 0.5) is 5.69 Å². The molecule has 0 radical (unpaired) electrons. The van der Waals surface area contributed by atoms with Crippen molar-refractivity contribution in [2.75, 3.05) is 5.32 Å². The summed E-state index contributed by atoms with van der Waals surface area (Å²) in [6.45, 7) is 1.32. The van der Waals surface area contributed by atoms with Crippen molar-refractivity contribution in [3.8, 4) is 0 Å². The molecule has 0 aromatic carbocycles. The molecule has 1 fully saturated rings. The minimum atomic E-state index is -0.0795. The summed E-state index contributed by atoms with van der Waals surface area (Å²) >= 11 is 3.35. The van der Waals surface area contributed by atoms with Crippen molar-refractivity contribution in [2.24, 2.45) is 5.92 Å². The van der Waals surface area contributed by atoms with Crippen LogP contribution in [0.2, 0.25) is 0 Å². The van der Waals surface area contributed by atoms with Gasteiger partial charge in [-0.1, -0.05) is 0 Å². The Labute approximate surface area is 118 Å². The molecule has 2 aromatic heterocycles. The first-order chi connectivity index (χ1) is 9.24. The molecule has 1 aliphatic rings. The molecule has 100 valence electrons. The Morgan fingerprint density at radius 1 is 1.53 bits per heavy atom. The van der Waals surface area contributed by atoms with Gasteiger partial charge in [0.1, 0.15) is 4.47 Å². The highest BCUT2D eigenvalue weighted by atomic mass is 79.9. The first kappa shape index (κ1) is 12.5. The SMILES string of the molecule is O=c1c(Br)c(NCc2ccoc2)cnn1CC1CC1. The molecule has 3 rings (SSSR count).